The normalized spacial score (nSPS) is 9.88. The molecule has 86 valence electrons. The lowest BCUT2D eigenvalue weighted by Gasteiger charge is -2.03. The quantitative estimate of drug-likeness (QED) is 0.869. The second-order valence-corrected chi connectivity index (χ2v) is 3.61. The number of nitrogens with zero attached hydrogens (tertiary/aromatic N) is 2. The van der Waals surface area contributed by atoms with Crippen molar-refractivity contribution in [1.82, 2.24) is 9.97 Å². The van der Waals surface area contributed by atoms with Crippen LogP contribution in [-0.2, 0) is 11.2 Å². The van der Waals surface area contributed by atoms with Crippen molar-refractivity contribution in [3.05, 3.63) is 54.6 Å². The third kappa shape index (κ3) is 3.68. The molecule has 0 atom stereocenters. The number of carbonyl (C=O) groups is 1. The summed E-state index contributed by atoms with van der Waals surface area (Å²) in [6, 6.07) is 9.29. The summed E-state index contributed by atoms with van der Waals surface area (Å²) in [6.07, 6.45) is 6.09. The van der Waals surface area contributed by atoms with Gasteiger partial charge in [0.1, 0.15) is 0 Å². The summed E-state index contributed by atoms with van der Waals surface area (Å²) < 4.78 is 0. The van der Waals surface area contributed by atoms with Crippen LogP contribution in [0, 0.1) is 0 Å². The van der Waals surface area contributed by atoms with Crippen LogP contribution in [0.4, 0.5) is 5.69 Å². The number of amides is 1. The molecule has 0 aliphatic rings. The first-order valence-electron chi connectivity index (χ1n) is 5.44. The Morgan fingerprint density at radius 1 is 1.18 bits per heavy atom. The Morgan fingerprint density at radius 3 is 2.82 bits per heavy atom. The Bertz CT molecular complexity index is 471. The van der Waals surface area contributed by atoms with E-state index in [9.17, 15) is 4.79 Å². The van der Waals surface area contributed by atoms with Crippen molar-refractivity contribution in [2.75, 3.05) is 5.32 Å². The molecule has 0 unspecified atom stereocenters. The summed E-state index contributed by atoms with van der Waals surface area (Å²) in [5, 5.41) is 2.78. The van der Waals surface area contributed by atoms with Gasteiger partial charge in [-0.3, -0.25) is 14.8 Å². The van der Waals surface area contributed by atoms with E-state index in [2.05, 4.69) is 15.3 Å². The van der Waals surface area contributed by atoms with Gasteiger partial charge < -0.3 is 5.32 Å². The molecule has 0 saturated heterocycles. The number of aromatic nitrogens is 2. The van der Waals surface area contributed by atoms with Gasteiger partial charge >= 0.3 is 0 Å². The molecule has 1 N–H and O–H groups in total. The Kier molecular flexibility index (Phi) is 3.81. The van der Waals surface area contributed by atoms with E-state index in [4.69, 9.17) is 0 Å². The van der Waals surface area contributed by atoms with Crippen molar-refractivity contribution in [1.29, 1.82) is 0 Å². The highest BCUT2D eigenvalue weighted by atomic mass is 16.1. The lowest BCUT2D eigenvalue weighted by molar-refractivity contribution is -0.116. The average Bonchev–Trinajstić information content (AvgIpc) is 2.39. The molecule has 0 aliphatic heterocycles. The largest absolute Gasteiger partial charge is 0.325 e. The summed E-state index contributed by atoms with van der Waals surface area (Å²) in [5.74, 6) is -0.0244. The van der Waals surface area contributed by atoms with Gasteiger partial charge in [0.25, 0.3) is 0 Å². The second-order valence-electron chi connectivity index (χ2n) is 3.61. The van der Waals surface area contributed by atoms with Gasteiger partial charge in [-0.1, -0.05) is 6.07 Å². The fourth-order valence-electron chi connectivity index (χ4n) is 1.45. The summed E-state index contributed by atoms with van der Waals surface area (Å²) in [7, 11) is 0. The molecule has 0 aliphatic carbocycles. The molecule has 0 bridgehead atoms. The number of anilines is 1. The number of pyridine rings is 2. The maximum Gasteiger partial charge on any atom is 0.224 e. The maximum atomic E-state index is 11.6. The zero-order valence-corrected chi connectivity index (χ0v) is 9.34. The van der Waals surface area contributed by atoms with Crippen LogP contribution in [0.1, 0.15) is 12.1 Å². The smallest absolute Gasteiger partial charge is 0.224 e. The fourth-order valence-corrected chi connectivity index (χ4v) is 1.45. The Balaban J connectivity index is 1.83. The topological polar surface area (TPSA) is 54.9 Å². The first-order chi connectivity index (χ1) is 8.34. The van der Waals surface area contributed by atoms with Gasteiger partial charge in [-0.25, -0.2) is 0 Å². The molecular weight excluding hydrogens is 214 g/mol. The van der Waals surface area contributed by atoms with E-state index in [0.29, 0.717) is 12.8 Å². The number of hydrogen-bond acceptors (Lipinski definition) is 3. The highest BCUT2D eigenvalue weighted by Crippen LogP contribution is 2.05. The molecule has 2 aromatic rings. The third-order valence-corrected chi connectivity index (χ3v) is 2.28. The summed E-state index contributed by atoms with van der Waals surface area (Å²) in [5.41, 5.74) is 1.65. The summed E-state index contributed by atoms with van der Waals surface area (Å²) in [6.45, 7) is 0. The lowest BCUT2D eigenvalue weighted by atomic mass is 10.2. The van der Waals surface area contributed by atoms with Crippen molar-refractivity contribution >= 4 is 11.6 Å². The van der Waals surface area contributed by atoms with E-state index < -0.39 is 0 Å². The minimum Gasteiger partial charge on any atom is -0.325 e. The number of carbonyl (C=O) groups excluding carboxylic acids is 1. The minimum atomic E-state index is -0.0244. The lowest BCUT2D eigenvalue weighted by Crippen LogP contribution is -2.12. The van der Waals surface area contributed by atoms with Gasteiger partial charge in [0.05, 0.1) is 11.9 Å². The molecular formula is C13H13N3O. The molecule has 0 fully saturated rings. The summed E-state index contributed by atoms with van der Waals surface area (Å²) in [4.78, 5) is 19.7. The maximum absolute atomic E-state index is 11.6. The molecule has 17 heavy (non-hydrogen) atoms. The number of hydrogen-bond donors (Lipinski definition) is 1. The number of aryl methyl sites for hydroxylation is 1. The van der Waals surface area contributed by atoms with Crippen LogP contribution < -0.4 is 5.32 Å². The number of rotatable bonds is 4. The molecule has 2 aromatic heterocycles. The highest BCUT2D eigenvalue weighted by molar-refractivity contribution is 5.90. The van der Waals surface area contributed by atoms with Crippen molar-refractivity contribution < 1.29 is 4.79 Å². The minimum absolute atomic E-state index is 0.0244. The SMILES string of the molecule is O=C(CCc1ccccn1)Nc1cccnc1. The van der Waals surface area contributed by atoms with E-state index in [1.54, 1.807) is 24.7 Å². The number of nitrogens with one attached hydrogen (secondary N) is 1. The zero-order valence-electron chi connectivity index (χ0n) is 9.34. The van der Waals surface area contributed by atoms with Crippen LogP contribution in [0.3, 0.4) is 0 Å². The van der Waals surface area contributed by atoms with Crippen LogP contribution in [-0.4, -0.2) is 15.9 Å². The highest BCUT2D eigenvalue weighted by Gasteiger charge is 2.03. The van der Waals surface area contributed by atoms with Gasteiger partial charge in [-0.2, -0.15) is 0 Å². The second kappa shape index (κ2) is 5.75. The average molecular weight is 227 g/mol. The van der Waals surface area contributed by atoms with Crippen molar-refractivity contribution in [2.45, 2.75) is 12.8 Å². The Hall–Kier alpha value is -2.23. The van der Waals surface area contributed by atoms with Crippen LogP contribution in [0.15, 0.2) is 48.9 Å². The van der Waals surface area contributed by atoms with Crippen LogP contribution in [0.5, 0.6) is 0 Å². The van der Waals surface area contributed by atoms with Gasteiger partial charge in [-0.05, 0) is 30.7 Å². The predicted molar refractivity (Wildman–Crippen MR) is 65.4 cm³/mol. The van der Waals surface area contributed by atoms with E-state index in [1.165, 1.54) is 0 Å². The van der Waals surface area contributed by atoms with E-state index >= 15 is 0 Å². The molecule has 2 heterocycles. The predicted octanol–water partition coefficient (Wildman–Crippen LogP) is 2.05. The molecule has 1 amide bonds. The van der Waals surface area contributed by atoms with Crippen molar-refractivity contribution in [3.63, 3.8) is 0 Å². The van der Waals surface area contributed by atoms with Crippen LogP contribution in [0.2, 0.25) is 0 Å². The summed E-state index contributed by atoms with van der Waals surface area (Å²) >= 11 is 0. The molecule has 0 saturated carbocycles. The zero-order chi connectivity index (χ0) is 11.9. The third-order valence-electron chi connectivity index (χ3n) is 2.28. The molecule has 0 aromatic carbocycles. The standard InChI is InChI=1S/C13H13N3O/c17-13(16-12-5-3-8-14-10-12)7-6-11-4-1-2-9-15-11/h1-5,8-10H,6-7H2,(H,16,17). The van der Waals surface area contributed by atoms with Crippen LogP contribution >= 0.6 is 0 Å². The van der Waals surface area contributed by atoms with Gasteiger partial charge in [-0.15, -0.1) is 0 Å². The molecule has 0 spiro atoms. The van der Waals surface area contributed by atoms with Gasteiger partial charge in [0.2, 0.25) is 5.91 Å². The molecule has 4 heteroatoms. The Morgan fingerprint density at radius 2 is 2.12 bits per heavy atom. The molecule has 0 radical (unpaired) electrons. The van der Waals surface area contributed by atoms with Crippen molar-refractivity contribution in [3.8, 4) is 0 Å². The molecule has 2 rings (SSSR count). The van der Waals surface area contributed by atoms with E-state index in [0.717, 1.165) is 11.4 Å². The van der Waals surface area contributed by atoms with E-state index in [-0.39, 0.29) is 5.91 Å². The monoisotopic (exact) mass is 227 g/mol. The Labute approximate surface area is 99.7 Å². The first-order valence-corrected chi connectivity index (χ1v) is 5.44. The van der Waals surface area contributed by atoms with E-state index in [1.807, 2.05) is 24.3 Å². The van der Waals surface area contributed by atoms with Gasteiger partial charge in [0.15, 0.2) is 0 Å². The molecule has 4 nitrogen and oxygen atoms in total. The fraction of sp³-hybridized carbons (Fsp3) is 0.154. The van der Waals surface area contributed by atoms with Crippen molar-refractivity contribution in [2.24, 2.45) is 0 Å². The van der Waals surface area contributed by atoms with Gasteiger partial charge in [0, 0.05) is 24.5 Å². The first kappa shape index (κ1) is 11.3. The van der Waals surface area contributed by atoms with Crippen LogP contribution in [0.25, 0.3) is 0 Å².